The van der Waals surface area contributed by atoms with E-state index in [4.69, 9.17) is 0 Å². The highest BCUT2D eigenvalue weighted by Crippen LogP contribution is 2.20. The number of hydrogen-bond donors (Lipinski definition) is 0. The zero-order chi connectivity index (χ0) is 16.2. The van der Waals surface area contributed by atoms with E-state index in [-0.39, 0.29) is 5.91 Å². The van der Waals surface area contributed by atoms with E-state index in [0.29, 0.717) is 24.6 Å². The van der Waals surface area contributed by atoms with Gasteiger partial charge in [0.1, 0.15) is 5.03 Å². The van der Waals surface area contributed by atoms with E-state index in [1.807, 2.05) is 17.2 Å². The summed E-state index contributed by atoms with van der Waals surface area (Å²) in [7, 11) is 0. The van der Waals surface area contributed by atoms with Crippen molar-refractivity contribution in [2.24, 2.45) is 0 Å². The Morgan fingerprint density at radius 1 is 1.17 bits per heavy atom. The molecule has 1 saturated heterocycles. The molecule has 3 rings (SSSR count). The number of carbonyl (C=O) groups is 1. The van der Waals surface area contributed by atoms with Gasteiger partial charge in [0.25, 0.3) is 5.91 Å². The van der Waals surface area contributed by atoms with Crippen molar-refractivity contribution in [3.8, 4) is 0 Å². The van der Waals surface area contributed by atoms with Gasteiger partial charge in [-0.25, -0.2) is 15.0 Å². The molecule has 0 saturated carbocycles. The van der Waals surface area contributed by atoms with E-state index in [1.165, 1.54) is 11.8 Å². The number of aromatic nitrogens is 3. The largest absolute Gasteiger partial charge is 0.337 e. The second kappa shape index (κ2) is 7.27. The lowest BCUT2D eigenvalue weighted by atomic mass is 10.2. The maximum absolute atomic E-state index is 12.7. The van der Waals surface area contributed by atoms with Crippen molar-refractivity contribution >= 4 is 39.5 Å². The molecule has 6 nitrogen and oxygen atoms in total. The first-order valence-corrected chi connectivity index (χ1v) is 9.21. The smallest absolute Gasteiger partial charge is 0.256 e. The highest BCUT2D eigenvalue weighted by atomic mass is 79.9. The SMILES string of the molecule is CSc1ncccc1C(=O)N1CCN(c2ncc(Br)cn2)CC1. The minimum Gasteiger partial charge on any atom is -0.337 e. The summed E-state index contributed by atoms with van der Waals surface area (Å²) >= 11 is 4.83. The molecule has 8 heteroatoms. The normalized spacial score (nSPS) is 14.9. The topological polar surface area (TPSA) is 62.2 Å². The standard InChI is InChI=1S/C15H16BrN5OS/c1-23-13-12(3-2-4-17-13)14(22)20-5-7-21(8-6-20)15-18-9-11(16)10-19-15/h2-4,9-10H,5-8H2,1H3. The summed E-state index contributed by atoms with van der Waals surface area (Å²) < 4.78 is 0.858. The van der Waals surface area contributed by atoms with E-state index in [1.54, 1.807) is 24.7 Å². The number of rotatable bonds is 3. The number of carbonyl (C=O) groups excluding carboxylic acids is 1. The number of piperazine rings is 1. The van der Waals surface area contributed by atoms with E-state index >= 15 is 0 Å². The van der Waals surface area contributed by atoms with Gasteiger partial charge >= 0.3 is 0 Å². The predicted molar refractivity (Wildman–Crippen MR) is 93.9 cm³/mol. The van der Waals surface area contributed by atoms with Crippen LogP contribution in [0.4, 0.5) is 5.95 Å². The predicted octanol–water partition coefficient (Wildman–Crippen LogP) is 2.32. The molecule has 23 heavy (non-hydrogen) atoms. The second-order valence-corrected chi connectivity index (χ2v) is 6.75. The number of thioether (sulfide) groups is 1. The molecule has 0 radical (unpaired) electrons. The fraction of sp³-hybridized carbons (Fsp3) is 0.333. The summed E-state index contributed by atoms with van der Waals surface area (Å²) in [5, 5.41) is 0.774. The van der Waals surface area contributed by atoms with Crippen molar-refractivity contribution < 1.29 is 4.79 Å². The molecule has 0 bridgehead atoms. The zero-order valence-corrected chi connectivity index (χ0v) is 15.0. The Morgan fingerprint density at radius 2 is 1.87 bits per heavy atom. The van der Waals surface area contributed by atoms with Gasteiger partial charge in [-0.2, -0.15) is 0 Å². The van der Waals surface area contributed by atoms with E-state index in [9.17, 15) is 4.79 Å². The van der Waals surface area contributed by atoms with Crippen LogP contribution in [0.15, 0.2) is 40.2 Å². The minimum atomic E-state index is 0.0406. The Balaban J connectivity index is 1.66. The molecular weight excluding hydrogens is 378 g/mol. The van der Waals surface area contributed by atoms with Crippen LogP contribution in [-0.4, -0.2) is 58.2 Å². The van der Waals surface area contributed by atoms with Gasteiger partial charge < -0.3 is 9.80 Å². The van der Waals surface area contributed by atoms with Crippen LogP contribution >= 0.6 is 27.7 Å². The minimum absolute atomic E-state index is 0.0406. The highest BCUT2D eigenvalue weighted by molar-refractivity contribution is 9.10. The van der Waals surface area contributed by atoms with E-state index in [0.717, 1.165) is 22.6 Å². The number of nitrogens with zero attached hydrogens (tertiary/aromatic N) is 5. The quantitative estimate of drug-likeness (QED) is 0.745. The number of hydrogen-bond acceptors (Lipinski definition) is 6. The molecule has 1 aliphatic heterocycles. The average Bonchev–Trinajstić information content (AvgIpc) is 2.62. The summed E-state index contributed by atoms with van der Waals surface area (Å²) in [5.41, 5.74) is 0.674. The Labute approximate surface area is 147 Å². The van der Waals surface area contributed by atoms with E-state index < -0.39 is 0 Å². The van der Waals surface area contributed by atoms with Gasteiger partial charge in [0.2, 0.25) is 5.95 Å². The molecular formula is C15H16BrN5OS. The summed E-state index contributed by atoms with van der Waals surface area (Å²) in [4.78, 5) is 29.5. The molecule has 0 spiro atoms. The van der Waals surface area contributed by atoms with Crippen molar-refractivity contribution in [3.05, 3.63) is 40.8 Å². The third kappa shape index (κ3) is 3.64. The van der Waals surface area contributed by atoms with Gasteiger partial charge in [-0.05, 0) is 34.3 Å². The number of pyridine rings is 1. The molecule has 0 aliphatic carbocycles. The van der Waals surface area contributed by atoms with Gasteiger partial charge in [0, 0.05) is 44.8 Å². The molecule has 2 aromatic rings. The fourth-order valence-corrected chi connectivity index (χ4v) is 3.21. The maximum Gasteiger partial charge on any atom is 0.256 e. The van der Waals surface area contributed by atoms with Crippen molar-refractivity contribution in [3.63, 3.8) is 0 Å². The lowest BCUT2D eigenvalue weighted by molar-refractivity contribution is 0.0742. The molecule has 120 valence electrons. The molecule has 1 fully saturated rings. The van der Waals surface area contributed by atoms with Gasteiger partial charge in [-0.3, -0.25) is 4.79 Å². The third-order valence-corrected chi connectivity index (χ3v) is 4.77. The van der Waals surface area contributed by atoms with Crippen LogP contribution in [0.5, 0.6) is 0 Å². The molecule has 0 unspecified atom stereocenters. The van der Waals surface area contributed by atoms with Crippen LogP contribution in [0.2, 0.25) is 0 Å². The van der Waals surface area contributed by atoms with E-state index in [2.05, 4.69) is 35.8 Å². The highest BCUT2D eigenvalue weighted by Gasteiger charge is 2.25. The lowest BCUT2D eigenvalue weighted by Gasteiger charge is -2.34. The first-order chi connectivity index (χ1) is 11.2. The maximum atomic E-state index is 12.7. The number of halogens is 1. The molecule has 1 aliphatic rings. The second-order valence-electron chi connectivity index (χ2n) is 5.04. The summed E-state index contributed by atoms with van der Waals surface area (Å²) in [6.45, 7) is 2.76. The summed E-state index contributed by atoms with van der Waals surface area (Å²) in [5.74, 6) is 0.741. The Kier molecular flexibility index (Phi) is 5.12. The van der Waals surface area contributed by atoms with Crippen LogP contribution in [0, 0.1) is 0 Å². The molecule has 2 aromatic heterocycles. The van der Waals surface area contributed by atoms with Crippen LogP contribution in [0.3, 0.4) is 0 Å². The molecule has 3 heterocycles. The van der Waals surface area contributed by atoms with Crippen LogP contribution in [-0.2, 0) is 0 Å². The molecule has 0 aromatic carbocycles. The third-order valence-electron chi connectivity index (χ3n) is 3.65. The van der Waals surface area contributed by atoms with Crippen LogP contribution in [0.1, 0.15) is 10.4 Å². The van der Waals surface area contributed by atoms with Gasteiger partial charge in [-0.1, -0.05) is 0 Å². The fourth-order valence-electron chi connectivity index (χ4n) is 2.46. The summed E-state index contributed by atoms with van der Waals surface area (Å²) in [6.07, 6.45) is 7.12. The van der Waals surface area contributed by atoms with Crippen molar-refractivity contribution in [1.82, 2.24) is 19.9 Å². The van der Waals surface area contributed by atoms with Crippen molar-refractivity contribution in [2.45, 2.75) is 5.03 Å². The zero-order valence-electron chi connectivity index (χ0n) is 12.6. The van der Waals surface area contributed by atoms with Crippen LogP contribution in [0.25, 0.3) is 0 Å². The van der Waals surface area contributed by atoms with Crippen molar-refractivity contribution in [2.75, 3.05) is 37.3 Å². The van der Waals surface area contributed by atoms with Gasteiger partial charge in [-0.15, -0.1) is 11.8 Å². The number of anilines is 1. The Bertz CT molecular complexity index is 689. The number of amides is 1. The van der Waals surface area contributed by atoms with Gasteiger partial charge in [0.15, 0.2) is 0 Å². The Hall–Kier alpha value is -1.67. The molecule has 1 amide bonds. The lowest BCUT2D eigenvalue weighted by Crippen LogP contribution is -2.49. The molecule has 0 N–H and O–H groups in total. The van der Waals surface area contributed by atoms with Gasteiger partial charge in [0.05, 0.1) is 10.0 Å². The van der Waals surface area contributed by atoms with Crippen LogP contribution < -0.4 is 4.90 Å². The molecule has 0 atom stereocenters. The first-order valence-electron chi connectivity index (χ1n) is 7.20. The van der Waals surface area contributed by atoms with Crippen molar-refractivity contribution in [1.29, 1.82) is 0 Å². The first kappa shape index (κ1) is 16.2. The summed E-state index contributed by atoms with van der Waals surface area (Å²) in [6, 6.07) is 3.64. The average molecular weight is 394 g/mol. The monoisotopic (exact) mass is 393 g/mol. The Morgan fingerprint density at radius 3 is 2.52 bits per heavy atom.